The van der Waals surface area contributed by atoms with Crippen LogP contribution in [0.15, 0.2) is 73.1 Å². The van der Waals surface area contributed by atoms with Gasteiger partial charge < -0.3 is 21.1 Å². The number of amides is 1. The van der Waals surface area contributed by atoms with Crippen LogP contribution in [0.3, 0.4) is 0 Å². The summed E-state index contributed by atoms with van der Waals surface area (Å²) in [6.45, 7) is 3.48. The summed E-state index contributed by atoms with van der Waals surface area (Å²) in [4.78, 5) is 20.7. The van der Waals surface area contributed by atoms with Gasteiger partial charge in [0.05, 0.1) is 5.56 Å². The third-order valence-corrected chi connectivity index (χ3v) is 5.76. The number of rotatable bonds is 7. The Morgan fingerprint density at radius 3 is 2.50 bits per heavy atom. The molecular formula is C26H26N6O2. The summed E-state index contributed by atoms with van der Waals surface area (Å²) in [5.41, 5.74) is 7.75. The van der Waals surface area contributed by atoms with Crippen molar-refractivity contribution >= 4 is 17.5 Å². The number of hydrogen-bond acceptors (Lipinski definition) is 7. The first kappa shape index (κ1) is 22.8. The van der Waals surface area contributed by atoms with Gasteiger partial charge in [0, 0.05) is 12.1 Å². The number of hydrogen-bond donors (Lipinski definition) is 3. The molecule has 8 heteroatoms. The number of nitrogens with one attached hydrogen (secondary N) is 2. The molecular weight excluding hydrogens is 428 g/mol. The molecule has 2 atom stereocenters. The zero-order valence-corrected chi connectivity index (χ0v) is 18.7. The summed E-state index contributed by atoms with van der Waals surface area (Å²) in [6.07, 6.45) is 4.86. The first-order chi connectivity index (χ1) is 16.5. The minimum absolute atomic E-state index is 0.0408. The van der Waals surface area contributed by atoms with E-state index in [2.05, 4.69) is 27.2 Å². The molecule has 0 unspecified atom stereocenters. The van der Waals surface area contributed by atoms with Crippen molar-refractivity contribution < 1.29 is 9.53 Å². The van der Waals surface area contributed by atoms with Gasteiger partial charge in [0.25, 0.3) is 5.91 Å². The Balaban J connectivity index is 1.48. The van der Waals surface area contributed by atoms with E-state index in [1.807, 2.05) is 54.6 Å². The van der Waals surface area contributed by atoms with Crippen LogP contribution < -0.4 is 21.1 Å². The van der Waals surface area contributed by atoms with Crippen molar-refractivity contribution in [3.8, 4) is 28.7 Å². The van der Waals surface area contributed by atoms with Crippen LogP contribution in [-0.4, -0.2) is 28.0 Å². The molecule has 0 radical (unpaired) electrons. The Hall–Kier alpha value is -4.38. The lowest BCUT2D eigenvalue weighted by Gasteiger charge is -2.31. The van der Waals surface area contributed by atoms with Crippen molar-refractivity contribution in [2.75, 3.05) is 11.1 Å². The Bertz CT molecular complexity index is 1200. The Labute approximate surface area is 198 Å². The predicted octanol–water partition coefficient (Wildman–Crippen LogP) is 4.44. The van der Waals surface area contributed by atoms with Crippen LogP contribution in [0, 0.1) is 11.3 Å². The minimum Gasteiger partial charge on any atom is -0.457 e. The Kier molecular flexibility index (Phi) is 7.04. The Morgan fingerprint density at radius 1 is 1.06 bits per heavy atom. The number of anilines is 2. The summed E-state index contributed by atoms with van der Waals surface area (Å²) < 4.78 is 5.88. The quantitative estimate of drug-likeness (QED) is 0.356. The van der Waals surface area contributed by atoms with Crippen LogP contribution in [0.4, 0.5) is 11.6 Å². The highest BCUT2D eigenvalue weighted by atomic mass is 16.5. The first-order valence-electron chi connectivity index (χ1n) is 11.1. The zero-order chi connectivity index (χ0) is 23.9. The van der Waals surface area contributed by atoms with E-state index in [9.17, 15) is 4.79 Å². The number of nitrogens with two attached hydrogens (primary N) is 1. The van der Waals surface area contributed by atoms with Gasteiger partial charge >= 0.3 is 0 Å². The fraction of sp³-hybridized carbons (Fsp3) is 0.231. The highest BCUT2D eigenvalue weighted by Gasteiger charge is 2.25. The smallest absolute Gasteiger partial charge is 0.261 e. The monoisotopic (exact) mass is 454 g/mol. The molecule has 4 N–H and O–H groups in total. The van der Waals surface area contributed by atoms with Crippen LogP contribution in [0.2, 0.25) is 0 Å². The number of benzene rings is 2. The van der Waals surface area contributed by atoms with E-state index in [1.165, 1.54) is 6.33 Å². The lowest BCUT2D eigenvalue weighted by atomic mass is 9.90. The summed E-state index contributed by atoms with van der Waals surface area (Å²) in [5.74, 6) is 2.07. The van der Waals surface area contributed by atoms with E-state index in [1.54, 1.807) is 6.07 Å². The van der Waals surface area contributed by atoms with Crippen molar-refractivity contribution in [3.63, 3.8) is 0 Å². The molecule has 1 aromatic heterocycles. The van der Waals surface area contributed by atoms with Crippen LogP contribution in [0.5, 0.6) is 11.5 Å². The summed E-state index contributed by atoms with van der Waals surface area (Å²) >= 11 is 0. The summed E-state index contributed by atoms with van der Waals surface area (Å²) in [6, 6.07) is 19.0. The van der Waals surface area contributed by atoms with Crippen molar-refractivity contribution in [1.82, 2.24) is 15.3 Å². The standard InChI is InChI=1S/C26H26N6O2/c1-17(15-27)26(33)32-20-7-5-6-19(14-20)31-25-23(24(28)29-16-30-25)18-10-12-22(13-11-18)34-21-8-3-2-4-9-21/h2-4,8-13,16,19-20H,1,5-7,14H2,(H,32,33)(H3,28,29,30,31)/t19-,20-/m1/s1. The highest BCUT2D eigenvalue weighted by molar-refractivity contribution is 5.96. The van der Waals surface area contributed by atoms with Crippen molar-refractivity contribution in [1.29, 1.82) is 5.26 Å². The van der Waals surface area contributed by atoms with Crippen LogP contribution in [0.1, 0.15) is 25.7 Å². The fourth-order valence-electron chi connectivity index (χ4n) is 4.08. The first-order valence-corrected chi connectivity index (χ1v) is 11.1. The molecule has 4 rings (SSSR count). The number of nitriles is 1. The molecule has 0 aliphatic heterocycles. The molecule has 1 heterocycles. The van der Waals surface area contributed by atoms with Gasteiger partial charge in [0.2, 0.25) is 0 Å². The molecule has 0 spiro atoms. The lowest BCUT2D eigenvalue weighted by molar-refractivity contribution is -0.118. The second-order valence-corrected chi connectivity index (χ2v) is 8.19. The molecule has 3 aromatic rings. The maximum atomic E-state index is 12.0. The molecule has 1 amide bonds. The van der Waals surface area contributed by atoms with Crippen molar-refractivity contribution in [2.24, 2.45) is 0 Å². The SMILES string of the molecule is C=C(C#N)C(=O)N[C@@H]1CCC[C@@H](Nc2ncnc(N)c2-c2ccc(Oc3ccccc3)cc2)C1. The number of carbonyl (C=O) groups excluding carboxylic acids is 1. The topological polar surface area (TPSA) is 126 Å². The van der Waals surface area contributed by atoms with E-state index in [0.29, 0.717) is 23.8 Å². The average molecular weight is 455 g/mol. The highest BCUT2D eigenvalue weighted by Crippen LogP contribution is 2.34. The lowest BCUT2D eigenvalue weighted by Crippen LogP contribution is -2.42. The van der Waals surface area contributed by atoms with Gasteiger partial charge in [0.15, 0.2) is 0 Å². The van der Waals surface area contributed by atoms with Crippen molar-refractivity contribution in [2.45, 2.75) is 37.8 Å². The molecule has 1 saturated carbocycles. The number of aromatic nitrogens is 2. The van der Waals surface area contributed by atoms with E-state index in [4.69, 9.17) is 15.7 Å². The molecule has 172 valence electrons. The molecule has 1 aliphatic rings. The van der Waals surface area contributed by atoms with Gasteiger partial charge in [-0.2, -0.15) is 5.26 Å². The molecule has 2 aromatic carbocycles. The average Bonchev–Trinajstić information content (AvgIpc) is 2.85. The minimum atomic E-state index is -0.419. The molecule has 8 nitrogen and oxygen atoms in total. The third-order valence-electron chi connectivity index (χ3n) is 5.76. The molecule has 1 fully saturated rings. The number of nitrogen functional groups attached to an aromatic ring is 1. The van der Waals surface area contributed by atoms with E-state index in [0.717, 1.165) is 36.1 Å². The number of para-hydroxylation sites is 1. The molecule has 1 aliphatic carbocycles. The van der Waals surface area contributed by atoms with Crippen LogP contribution in [-0.2, 0) is 4.79 Å². The predicted molar refractivity (Wildman–Crippen MR) is 131 cm³/mol. The normalized spacial score (nSPS) is 17.3. The molecule has 0 saturated heterocycles. The molecule has 34 heavy (non-hydrogen) atoms. The summed E-state index contributed by atoms with van der Waals surface area (Å²) in [7, 11) is 0. The summed E-state index contributed by atoms with van der Waals surface area (Å²) in [5, 5.41) is 15.3. The number of ether oxygens (including phenoxy) is 1. The largest absolute Gasteiger partial charge is 0.457 e. The van der Waals surface area contributed by atoms with Crippen molar-refractivity contribution in [3.05, 3.63) is 73.1 Å². The van der Waals surface area contributed by atoms with Crippen LogP contribution >= 0.6 is 0 Å². The van der Waals surface area contributed by atoms with E-state index < -0.39 is 5.91 Å². The van der Waals surface area contributed by atoms with E-state index in [-0.39, 0.29) is 17.7 Å². The number of nitrogens with zero attached hydrogens (tertiary/aromatic N) is 3. The molecule has 0 bridgehead atoms. The van der Waals surface area contributed by atoms with Gasteiger partial charge in [-0.1, -0.05) is 36.9 Å². The fourth-order valence-corrected chi connectivity index (χ4v) is 4.08. The van der Waals surface area contributed by atoms with Gasteiger partial charge in [-0.25, -0.2) is 9.97 Å². The Morgan fingerprint density at radius 2 is 1.76 bits per heavy atom. The number of carbonyl (C=O) groups is 1. The maximum Gasteiger partial charge on any atom is 0.261 e. The van der Waals surface area contributed by atoms with E-state index >= 15 is 0 Å². The van der Waals surface area contributed by atoms with Gasteiger partial charge in [-0.05, 0) is 55.5 Å². The van der Waals surface area contributed by atoms with Crippen LogP contribution in [0.25, 0.3) is 11.1 Å². The maximum absolute atomic E-state index is 12.0. The van der Waals surface area contributed by atoms with Gasteiger partial charge in [-0.15, -0.1) is 0 Å². The third kappa shape index (κ3) is 5.51. The van der Waals surface area contributed by atoms with Gasteiger partial charge in [0.1, 0.15) is 41.1 Å². The second kappa shape index (κ2) is 10.5. The second-order valence-electron chi connectivity index (χ2n) is 8.19. The zero-order valence-electron chi connectivity index (χ0n) is 18.7. The van der Waals surface area contributed by atoms with Gasteiger partial charge in [-0.3, -0.25) is 4.79 Å².